The molecule has 35 heavy (non-hydrogen) atoms. The highest BCUT2D eigenvalue weighted by Gasteiger charge is 2.26. The Bertz CT molecular complexity index is 1310. The standard InChI is InChI=1S/C25H28N4O5S/c1-18(2)17-34-25(31)29-15-13-28(14-16-29)24(30)20-8-10-21(11-9-20)27-35(32,33)22-7-3-5-19-6-4-12-26-23(19)22/h3-12,18,27H,13-17H2,1-2H3. The van der Waals surface area contributed by atoms with Gasteiger partial charge in [-0.05, 0) is 42.3 Å². The summed E-state index contributed by atoms with van der Waals surface area (Å²) in [5.74, 6) is 0.0887. The van der Waals surface area contributed by atoms with E-state index in [9.17, 15) is 18.0 Å². The molecular formula is C25H28N4O5S. The smallest absolute Gasteiger partial charge is 0.409 e. The van der Waals surface area contributed by atoms with Crippen LogP contribution in [0.2, 0.25) is 0 Å². The number of benzene rings is 2. The van der Waals surface area contributed by atoms with E-state index in [1.807, 2.05) is 13.8 Å². The first-order valence-corrected chi connectivity index (χ1v) is 12.9. The fraction of sp³-hybridized carbons (Fsp3) is 0.320. The average Bonchev–Trinajstić information content (AvgIpc) is 2.86. The molecule has 9 nitrogen and oxygen atoms in total. The van der Waals surface area contributed by atoms with E-state index in [1.54, 1.807) is 64.5 Å². The molecule has 0 unspecified atom stereocenters. The third-order valence-electron chi connectivity index (χ3n) is 5.63. The van der Waals surface area contributed by atoms with Crippen molar-refractivity contribution < 1.29 is 22.7 Å². The van der Waals surface area contributed by atoms with Crippen LogP contribution >= 0.6 is 0 Å². The molecule has 1 aliphatic heterocycles. The van der Waals surface area contributed by atoms with Crippen LogP contribution in [0.25, 0.3) is 10.9 Å². The summed E-state index contributed by atoms with van der Waals surface area (Å²) in [6.45, 7) is 5.92. The molecule has 0 radical (unpaired) electrons. The summed E-state index contributed by atoms with van der Waals surface area (Å²) in [6.07, 6.45) is 1.19. The minimum absolute atomic E-state index is 0.0838. The van der Waals surface area contributed by atoms with Crippen molar-refractivity contribution in [3.8, 4) is 0 Å². The molecule has 1 fully saturated rings. The van der Waals surface area contributed by atoms with Crippen LogP contribution in [0.4, 0.5) is 10.5 Å². The molecule has 3 aromatic rings. The van der Waals surface area contributed by atoms with E-state index in [-0.39, 0.29) is 22.8 Å². The lowest BCUT2D eigenvalue weighted by molar-refractivity contribution is 0.0535. The van der Waals surface area contributed by atoms with E-state index in [2.05, 4.69) is 9.71 Å². The number of pyridine rings is 1. The summed E-state index contributed by atoms with van der Waals surface area (Å²) in [6, 6.07) is 14.8. The molecule has 1 aromatic heterocycles. The van der Waals surface area contributed by atoms with E-state index in [1.165, 1.54) is 6.07 Å². The van der Waals surface area contributed by atoms with Crippen LogP contribution in [-0.2, 0) is 14.8 Å². The van der Waals surface area contributed by atoms with Gasteiger partial charge in [-0.3, -0.25) is 14.5 Å². The Morgan fingerprint density at radius 3 is 2.31 bits per heavy atom. The van der Waals surface area contributed by atoms with Crippen molar-refractivity contribution in [1.29, 1.82) is 0 Å². The number of sulfonamides is 1. The third-order valence-corrected chi connectivity index (χ3v) is 7.05. The van der Waals surface area contributed by atoms with Gasteiger partial charge in [0.25, 0.3) is 15.9 Å². The fourth-order valence-corrected chi connectivity index (χ4v) is 5.03. The van der Waals surface area contributed by atoms with Crippen molar-refractivity contribution in [2.75, 3.05) is 37.5 Å². The molecule has 1 aliphatic rings. The van der Waals surface area contributed by atoms with Gasteiger partial charge in [-0.15, -0.1) is 0 Å². The molecule has 4 rings (SSSR count). The zero-order valence-electron chi connectivity index (χ0n) is 19.7. The second-order valence-corrected chi connectivity index (χ2v) is 10.4. The molecule has 1 saturated heterocycles. The number of anilines is 1. The van der Waals surface area contributed by atoms with Crippen LogP contribution < -0.4 is 4.72 Å². The lowest BCUT2D eigenvalue weighted by Gasteiger charge is -2.34. The summed E-state index contributed by atoms with van der Waals surface area (Å²) in [7, 11) is -3.88. The molecule has 10 heteroatoms. The molecular weight excluding hydrogens is 468 g/mol. The number of para-hydroxylation sites is 1. The van der Waals surface area contributed by atoms with E-state index < -0.39 is 10.0 Å². The summed E-state index contributed by atoms with van der Waals surface area (Å²) in [5, 5.41) is 0.726. The molecule has 184 valence electrons. The van der Waals surface area contributed by atoms with Gasteiger partial charge in [0.15, 0.2) is 0 Å². The van der Waals surface area contributed by atoms with Crippen molar-refractivity contribution >= 4 is 38.6 Å². The van der Waals surface area contributed by atoms with E-state index >= 15 is 0 Å². The van der Waals surface area contributed by atoms with Crippen LogP contribution in [-0.4, -0.2) is 68.0 Å². The van der Waals surface area contributed by atoms with Gasteiger partial charge in [0.1, 0.15) is 4.90 Å². The van der Waals surface area contributed by atoms with Crippen molar-refractivity contribution in [1.82, 2.24) is 14.8 Å². The molecule has 2 heterocycles. The van der Waals surface area contributed by atoms with Gasteiger partial charge in [0.2, 0.25) is 0 Å². The SMILES string of the molecule is CC(C)COC(=O)N1CCN(C(=O)c2ccc(NS(=O)(=O)c3cccc4cccnc34)cc2)CC1. The molecule has 0 saturated carbocycles. The number of hydrogen-bond acceptors (Lipinski definition) is 6. The zero-order valence-corrected chi connectivity index (χ0v) is 20.5. The molecule has 2 amide bonds. The average molecular weight is 497 g/mol. The number of nitrogens with zero attached hydrogens (tertiary/aromatic N) is 3. The lowest BCUT2D eigenvalue weighted by Crippen LogP contribution is -2.50. The second-order valence-electron chi connectivity index (χ2n) is 8.76. The molecule has 0 aliphatic carbocycles. The van der Waals surface area contributed by atoms with Gasteiger partial charge in [-0.2, -0.15) is 0 Å². The van der Waals surface area contributed by atoms with E-state index in [0.717, 1.165) is 5.39 Å². The van der Waals surface area contributed by atoms with Crippen molar-refractivity contribution in [2.45, 2.75) is 18.7 Å². The Kier molecular flexibility index (Phi) is 7.20. The Hall–Kier alpha value is -3.66. The van der Waals surface area contributed by atoms with Crippen LogP contribution in [0, 0.1) is 5.92 Å². The highest BCUT2D eigenvalue weighted by Crippen LogP contribution is 2.23. The highest BCUT2D eigenvalue weighted by atomic mass is 32.2. The number of rotatable bonds is 6. The molecule has 2 aromatic carbocycles. The first-order chi connectivity index (χ1) is 16.7. The molecule has 1 N–H and O–H groups in total. The topological polar surface area (TPSA) is 109 Å². The van der Waals surface area contributed by atoms with Crippen LogP contribution in [0.3, 0.4) is 0 Å². The number of carbonyl (C=O) groups excluding carboxylic acids is 2. The van der Waals surface area contributed by atoms with Gasteiger partial charge < -0.3 is 14.5 Å². The summed E-state index contributed by atoms with van der Waals surface area (Å²) in [4.78, 5) is 32.6. The maximum atomic E-state index is 13.0. The number of fused-ring (bicyclic) bond motifs is 1. The number of carbonyl (C=O) groups is 2. The van der Waals surface area contributed by atoms with Crippen LogP contribution in [0.1, 0.15) is 24.2 Å². The van der Waals surface area contributed by atoms with Gasteiger partial charge in [-0.25, -0.2) is 13.2 Å². The van der Waals surface area contributed by atoms with Gasteiger partial charge in [-0.1, -0.05) is 32.0 Å². The fourth-order valence-electron chi connectivity index (χ4n) is 3.79. The van der Waals surface area contributed by atoms with Crippen molar-refractivity contribution in [2.24, 2.45) is 5.92 Å². The molecule has 0 bridgehead atoms. The predicted octanol–water partition coefficient (Wildman–Crippen LogP) is 3.59. The summed E-state index contributed by atoms with van der Waals surface area (Å²) in [5.41, 5.74) is 1.17. The van der Waals surface area contributed by atoms with E-state index in [0.29, 0.717) is 49.6 Å². The normalized spacial score (nSPS) is 14.3. The first kappa shape index (κ1) is 24.5. The van der Waals surface area contributed by atoms with Crippen molar-refractivity contribution in [3.63, 3.8) is 0 Å². The number of nitrogens with one attached hydrogen (secondary N) is 1. The quantitative estimate of drug-likeness (QED) is 0.559. The number of ether oxygens (including phenoxy) is 1. The number of piperazine rings is 1. The number of aromatic nitrogens is 1. The van der Waals surface area contributed by atoms with Crippen LogP contribution in [0.5, 0.6) is 0 Å². The second kappa shape index (κ2) is 10.3. The Balaban J connectivity index is 1.38. The predicted molar refractivity (Wildman–Crippen MR) is 133 cm³/mol. The number of amides is 2. The maximum absolute atomic E-state index is 13.0. The summed E-state index contributed by atoms with van der Waals surface area (Å²) < 4.78 is 33.8. The van der Waals surface area contributed by atoms with Gasteiger partial charge >= 0.3 is 6.09 Å². The summed E-state index contributed by atoms with van der Waals surface area (Å²) >= 11 is 0. The highest BCUT2D eigenvalue weighted by molar-refractivity contribution is 7.93. The largest absolute Gasteiger partial charge is 0.449 e. The Morgan fingerprint density at radius 1 is 0.971 bits per heavy atom. The first-order valence-electron chi connectivity index (χ1n) is 11.4. The molecule has 0 atom stereocenters. The molecule has 0 spiro atoms. The van der Waals surface area contributed by atoms with E-state index in [4.69, 9.17) is 4.74 Å². The maximum Gasteiger partial charge on any atom is 0.409 e. The minimum Gasteiger partial charge on any atom is -0.449 e. The Labute approximate surface area is 204 Å². The third kappa shape index (κ3) is 5.71. The Morgan fingerprint density at radius 2 is 1.63 bits per heavy atom. The monoisotopic (exact) mass is 496 g/mol. The van der Waals surface area contributed by atoms with Crippen LogP contribution in [0.15, 0.2) is 65.7 Å². The van der Waals surface area contributed by atoms with Gasteiger partial charge in [0, 0.05) is 49.0 Å². The van der Waals surface area contributed by atoms with Crippen molar-refractivity contribution in [3.05, 3.63) is 66.4 Å². The lowest BCUT2D eigenvalue weighted by atomic mass is 10.1. The number of hydrogen-bond donors (Lipinski definition) is 1. The zero-order chi connectivity index (χ0) is 25.0. The minimum atomic E-state index is -3.88. The van der Waals surface area contributed by atoms with Gasteiger partial charge in [0.05, 0.1) is 12.1 Å².